The Morgan fingerprint density at radius 2 is 2.40 bits per heavy atom. The molecule has 0 fully saturated rings. The second-order valence-electron chi connectivity index (χ2n) is 3.45. The van der Waals surface area contributed by atoms with Crippen LogP contribution in [0.1, 0.15) is 23.5 Å². The second kappa shape index (κ2) is 5.14. The van der Waals surface area contributed by atoms with Gasteiger partial charge in [0.2, 0.25) is 0 Å². The number of methoxy groups -OCH3 is 1. The van der Waals surface area contributed by atoms with Gasteiger partial charge in [0.15, 0.2) is 5.78 Å². The molecule has 0 amide bonds. The molecule has 0 spiro atoms. The molecule has 5 heteroatoms. The third kappa shape index (κ3) is 3.21. The molecule has 1 atom stereocenters. The van der Waals surface area contributed by atoms with Crippen molar-refractivity contribution in [1.82, 2.24) is 0 Å². The van der Waals surface area contributed by atoms with Gasteiger partial charge in [-0.1, -0.05) is 0 Å². The van der Waals surface area contributed by atoms with Crippen molar-refractivity contribution in [2.24, 2.45) is 0 Å². The number of thiophene rings is 1. The van der Waals surface area contributed by atoms with E-state index in [1.54, 1.807) is 13.2 Å². The maximum absolute atomic E-state index is 11.2. The fourth-order valence-corrected chi connectivity index (χ4v) is 2.27. The van der Waals surface area contributed by atoms with Gasteiger partial charge in [-0.05, 0) is 13.0 Å². The first-order chi connectivity index (χ1) is 7.04. The van der Waals surface area contributed by atoms with E-state index in [2.05, 4.69) is 5.32 Å². The van der Waals surface area contributed by atoms with E-state index in [1.165, 1.54) is 18.3 Å². The molecule has 0 aliphatic carbocycles. The molecule has 15 heavy (non-hydrogen) atoms. The van der Waals surface area contributed by atoms with Crippen LogP contribution < -0.4 is 11.1 Å². The van der Waals surface area contributed by atoms with Crippen molar-refractivity contribution in [3.8, 4) is 0 Å². The molecule has 0 aliphatic heterocycles. The first-order valence-electron chi connectivity index (χ1n) is 4.70. The Labute approximate surface area is 93.4 Å². The summed E-state index contributed by atoms with van der Waals surface area (Å²) in [7, 11) is 1.65. The number of ether oxygens (including phenoxy) is 1. The molecular formula is C10H16N2O2S. The molecule has 3 N–H and O–H groups in total. The van der Waals surface area contributed by atoms with Crippen molar-refractivity contribution in [3.05, 3.63) is 10.9 Å². The lowest BCUT2D eigenvalue weighted by atomic mass is 10.3. The van der Waals surface area contributed by atoms with Crippen molar-refractivity contribution in [2.45, 2.75) is 19.9 Å². The summed E-state index contributed by atoms with van der Waals surface area (Å²) < 4.78 is 5.00. The number of nitrogens with one attached hydrogen (secondary N) is 1. The molecule has 0 radical (unpaired) electrons. The first-order valence-corrected chi connectivity index (χ1v) is 5.52. The third-order valence-electron chi connectivity index (χ3n) is 1.89. The van der Waals surface area contributed by atoms with Gasteiger partial charge in [0.1, 0.15) is 0 Å². The van der Waals surface area contributed by atoms with Crippen LogP contribution in [0.15, 0.2) is 6.07 Å². The zero-order chi connectivity index (χ0) is 11.4. The number of carbonyl (C=O) groups is 1. The molecular weight excluding hydrogens is 212 g/mol. The Bertz CT molecular complexity index is 349. The molecule has 0 aliphatic rings. The Hall–Kier alpha value is -1.07. The maximum atomic E-state index is 11.2. The van der Waals surface area contributed by atoms with Gasteiger partial charge in [0.25, 0.3) is 0 Å². The quantitative estimate of drug-likeness (QED) is 0.756. The fourth-order valence-electron chi connectivity index (χ4n) is 1.29. The topological polar surface area (TPSA) is 64.3 Å². The van der Waals surface area contributed by atoms with Gasteiger partial charge in [-0.15, -0.1) is 11.3 Å². The second-order valence-corrected chi connectivity index (χ2v) is 4.50. The predicted octanol–water partition coefficient (Wildman–Crippen LogP) is 1.98. The SMILES string of the molecule is COCC(C)Nc1cc(N)c(C(C)=O)s1. The molecule has 1 heterocycles. The monoisotopic (exact) mass is 228 g/mol. The number of rotatable bonds is 5. The van der Waals surface area contributed by atoms with E-state index in [1.807, 2.05) is 6.92 Å². The minimum absolute atomic E-state index is 0.00458. The van der Waals surface area contributed by atoms with Crippen molar-refractivity contribution < 1.29 is 9.53 Å². The van der Waals surface area contributed by atoms with Crippen molar-refractivity contribution >= 4 is 27.8 Å². The van der Waals surface area contributed by atoms with E-state index in [9.17, 15) is 4.79 Å². The predicted molar refractivity (Wildman–Crippen MR) is 63.7 cm³/mol. The molecule has 1 aromatic rings. The highest BCUT2D eigenvalue weighted by atomic mass is 32.1. The molecule has 1 aromatic heterocycles. The average Bonchev–Trinajstić information content (AvgIpc) is 2.47. The van der Waals surface area contributed by atoms with Crippen LogP contribution in [0, 0.1) is 0 Å². The van der Waals surface area contributed by atoms with Gasteiger partial charge in [0, 0.05) is 20.1 Å². The lowest BCUT2D eigenvalue weighted by molar-refractivity contribution is 0.102. The molecule has 1 rings (SSSR count). The summed E-state index contributed by atoms with van der Waals surface area (Å²) in [6, 6.07) is 1.99. The smallest absolute Gasteiger partial charge is 0.171 e. The molecule has 0 aromatic carbocycles. The number of carbonyl (C=O) groups excluding carboxylic acids is 1. The number of hydrogen-bond donors (Lipinski definition) is 2. The highest BCUT2D eigenvalue weighted by Gasteiger charge is 2.11. The van der Waals surface area contributed by atoms with Crippen LogP contribution in [-0.4, -0.2) is 25.5 Å². The highest BCUT2D eigenvalue weighted by molar-refractivity contribution is 7.18. The third-order valence-corrected chi connectivity index (χ3v) is 3.07. The summed E-state index contributed by atoms with van der Waals surface area (Å²) in [6.07, 6.45) is 0. The summed E-state index contributed by atoms with van der Waals surface area (Å²) in [5.41, 5.74) is 6.25. The van der Waals surface area contributed by atoms with Crippen molar-refractivity contribution in [2.75, 3.05) is 24.8 Å². The van der Waals surface area contributed by atoms with E-state index in [0.717, 1.165) is 5.00 Å². The number of nitrogen functional groups attached to an aromatic ring is 1. The molecule has 0 saturated heterocycles. The van der Waals surface area contributed by atoms with Gasteiger partial charge in [0.05, 0.1) is 22.2 Å². The number of hydrogen-bond acceptors (Lipinski definition) is 5. The Balaban J connectivity index is 2.71. The number of Topliss-reactive ketones (excluding diaryl/α,β-unsaturated/α-hetero) is 1. The molecule has 84 valence electrons. The maximum Gasteiger partial charge on any atom is 0.171 e. The van der Waals surface area contributed by atoms with E-state index in [4.69, 9.17) is 10.5 Å². The summed E-state index contributed by atoms with van der Waals surface area (Å²) in [5, 5.41) is 4.13. The Kier molecular flexibility index (Phi) is 4.11. The van der Waals surface area contributed by atoms with E-state index < -0.39 is 0 Å². The van der Waals surface area contributed by atoms with Crippen LogP contribution in [0.25, 0.3) is 0 Å². The zero-order valence-electron chi connectivity index (χ0n) is 9.16. The average molecular weight is 228 g/mol. The van der Waals surface area contributed by atoms with E-state index in [0.29, 0.717) is 17.2 Å². The molecule has 0 bridgehead atoms. The Morgan fingerprint density at radius 3 is 2.87 bits per heavy atom. The normalized spacial score (nSPS) is 12.5. The van der Waals surface area contributed by atoms with Crippen LogP contribution in [0.5, 0.6) is 0 Å². The minimum Gasteiger partial charge on any atom is -0.397 e. The lowest BCUT2D eigenvalue weighted by Gasteiger charge is -2.11. The van der Waals surface area contributed by atoms with Gasteiger partial charge in [-0.25, -0.2) is 0 Å². The number of anilines is 2. The molecule has 0 saturated carbocycles. The van der Waals surface area contributed by atoms with Gasteiger partial charge in [-0.2, -0.15) is 0 Å². The van der Waals surface area contributed by atoms with Crippen LogP contribution in [-0.2, 0) is 4.74 Å². The standard InChI is InChI=1S/C10H16N2O2S/c1-6(5-14-3)12-9-4-8(11)10(15-9)7(2)13/h4,6,12H,5,11H2,1-3H3. The van der Waals surface area contributed by atoms with E-state index >= 15 is 0 Å². The molecule has 1 unspecified atom stereocenters. The van der Waals surface area contributed by atoms with Gasteiger partial charge >= 0.3 is 0 Å². The minimum atomic E-state index is 0.00458. The van der Waals surface area contributed by atoms with Crippen molar-refractivity contribution in [3.63, 3.8) is 0 Å². The summed E-state index contributed by atoms with van der Waals surface area (Å²) in [6.45, 7) is 4.14. The van der Waals surface area contributed by atoms with Crippen LogP contribution in [0.4, 0.5) is 10.7 Å². The number of ketones is 1. The summed E-state index contributed by atoms with van der Waals surface area (Å²) in [5.74, 6) is 0.00458. The fraction of sp³-hybridized carbons (Fsp3) is 0.500. The van der Waals surface area contributed by atoms with Gasteiger partial charge in [-0.3, -0.25) is 4.79 Å². The summed E-state index contributed by atoms with van der Waals surface area (Å²) >= 11 is 1.38. The van der Waals surface area contributed by atoms with Crippen molar-refractivity contribution in [1.29, 1.82) is 0 Å². The largest absolute Gasteiger partial charge is 0.397 e. The van der Waals surface area contributed by atoms with E-state index in [-0.39, 0.29) is 11.8 Å². The summed E-state index contributed by atoms with van der Waals surface area (Å²) in [4.78, 5) is 11.8. The molecule has 4 nitrogen and oxygen atoms in total. The van der Waals surface area contributed by atoms with Gasteiger partial charge < -0.3 is 15.8 Å². The zero-order valence-corrected chi connectivity index (χ0v) is 9.98. The van der Waals surface area contributed by atoms with Crippen LogP contribution in [0.3, 0.4) is 0 Å². The van der Waals surface area contributed by atoms with Crippen LogP contribution >= 0.6 is 11.3 Å². The number of nitrogens with two attached hydrogens (primary N) is 1. The lowest BCUT2D eigenvalue weighted by Crippen LogP contribution is -2.19. The first kappa shape index (κ1) is 12.0. The highest BCUT2D eigenvalue weighted by Crippen LogP contribution is 2.29. The Morgan fingerprint density at radius 1 is 1.73 bits per heavy atom. The van der Waals surface area contributed by atoms with Crippen LogP contribution in [0.2, 0.25) is 0 Å².